The summed E-state index contributed by atoms with van der Waals surface area (Å²) in [6.07, 6.45) is -1.69. The highest BCUT2D eigenvalue weighted by atomic mass is 19.3. The summed E-state index contributed by atoms with van der Waals surface area (Å²) in [7, 11) is 0. The quantitative estimate of drug-likeness (QED) is 0.638. The third kappa shape index (κ3) is 4.88. The molecule has 2 aliphatic rings. The number of carbonyl (C=O) groups excluding carboxylic acids is 2. The molecule has 1 aliphatic heterocycles. The molecule has 1 heterocycles. The van der Waals surface area contributed by atoms with Gasteiger partial charge in [-0.3, -0.25) is 4.79 Å². The number of ether oxygens (including phenoxy) is 1. The van der Waals surface area contributed by atoms with E-state index < -0.39 is 48.8 Å². The summed E-state index contributed by atoms with van der Waals surface area (Å²) in [6, 6.07) is 14.4. The molecule has 0 aromatic heterocycles. The van der Waals surface area contributed by atoms with Crippen molar-refractivity contribution in [1.29, 1.82) is 0 Å². The molecule has 2 amide bonds. The molecule has 0 saturated carbocycles. The molecule has 180 valence electrons. The number of nitrogens with one attached hydrogen (secondary N) is 1. The number of alkyl carbamates (subject to hydrolysis) is 1. The summed E-state index contributed by atoms with van der Waals surface area (Å²) in [5, 5.41) is 11.7. The Morgan fingerprint density at radius 3 is 2.29 bits per heavy atom. The molecule has 2 aromatic carbocycles. The highest BCUT2D eigenvalue weighted by Gasteiger charge is 2.50. The van der Waals surface area contributed by atoms with E-state index in [4.69, 9.17) is 9.84 Å². The number of rotatable bonds is 7. The number of fused-ring (bicyclic) bond motifs is 3. The zero-order valence-corrected chi connectivity index (χ0v) is 18.7. The molecule has 0 radical (unpaired) electrons. The fourth-order valence-electron chi connectivity index (χ4n) is 4.69. The van der Waals surface area contributed by atoms with Crippen LogP contribution in [0.25, 0.3) is 11.1 Å². The Bertz CT molecular complexity index is 1060. The molecule has 0 spiro atoms. The lowest BCUT2D eigenvalue weighted by molar-refractivity contribution is -0.148. The second kappa shape index (κ2) is 9.40. The Labute approximate surface area is 195 Å². The zero-order valence-electron chi connectivity index (χ0n) is 18.7. The number of likely N-dealkylation sites (tertiary alicyclic amines) is 1. The number of hydrogen-bond donors (Lipinski definition) is 2. The van der Waals surface area contributed by atoms with Crippen LogP contribution in [0.15, 0.2) is 48.5 Å². The molecule has 2 aromatic rings. The topological polar surface area (TPSA) is 95.9 Å². The molecule has 34 heavy (non-hydrogen) atoms. The van der Waals surface area contributed by atoms with E-state index in [0.29, 0.717) is 4.90 Å². The fraction of sp³-hybridized carbons (Fsp3) is 0.400. The summed E-state index contributed by atoms with van der Waals surface area (Å²) >= 11 is 0. The van der Waals surface area contributed by atoms with Crippen LogP contribution in [-0.4, -0.2) is 59.6 Å². The minimum Gasteiger partial charge on any atom is -0.480 e. The largest absolute Gasteiger partial charge is 0.480 e. The molecule has 2 atom stereocenters. The van der Waals surface area contributed by atoms with Gasteiger partial charge in [-0.1, -0.05) is 55.5 Å². The maximum atomic E-state index is 13.6. The van der Waals surface area contributed by atoms with Gasteiger partial charge in [0.25, 0.3) is 5.92 Å². The summed E-state index contributed by atoms with van der Waals surface area (Å²) in [6.45, 7) is 1.00. The van der Waals surface area contributed by atoms with Gasteiger partial charge in [0.1, 0.15) is 12.6 Å². The lowest BCUT2D eigenvalue weighted by atomic mass is 9.98. The highest BCUT2D eigenvalue weighted by molar-refractivity contribution is 5.85. The van der Waals surface area contributed by atoms with Crippen molar-refractivity contribution in [1.82, 2.24) is 10.2 Å². The average Bonchev–Trinajstić information content (AvgIpc) is 3.31. The lowest BCUT2D eigenvalue weighted by Gasteiger charge is -2.23. The number of alkyl halides is 2. The molecular formula is C25H26F2N2O5. The third-order valence-electron chi connectivity index (χ3n) is 6.34. The second-order valence-electron chi connectivity index (χ2n) is 8.95. The van der Waals surface area contributed by atoms with E-state index in [1.165, 1.54) is 0 Å². The number of carbonyl (C=O) groups is 3. The van der Waals surface area contributed by atoms with Gasteiger partial charge in [-0.25, -0.2) is 18.4 Å². The van der Waals surface area contributed by atoms with E-state index in [-0.39, 0.29) is 25.5 Å². The molecule has 7 nitrogen and oxygen atoms in total. The average molecular weight is 472 g/mol. The van der Waals surface area contributed by atoms with Crippen molar-refractivity contribution in [2.24, 2.45) is 5.92 Å². The van der Waals surface area contributed by atoms with Crippen LogP contribution in [0, 0.1) is 5.92 Å². The first-order chi connectivity index (χ1) is 16.2. The van der Waals surface area contributed by atoms with Crippen LogP contribution in [0.1, 0.15) is 36.8 Å². The SMILES string of the molecule is CC(CNC(=O)OCC1c2ccccc2-c2ccccc21)CC(=O)N1CC(F)(F)C[C@H]1C(=O)O. The Hall–Kier alpha value is -3.49. The number of carboxylic acid groups (broad SMARTS) is 1. The van der Waals surface area contributed by atoms with Gasteiger partial charge in [0.05, 0.1) is 6.54 Å². The molecule has 0 bridgehead atoms. The lowest BCUT2D eigenvalue weighted by Crippen LogP contribution is -2.42. The van der Waals surface area contributed by atoms with Crippen LogP contribution >= 0.6 is 0 Å². The number of aliphatic carboxylic acids is 1. The van der Waals surface area contributed by atoms with Gasteiger partial charge in [0.15, 0.2) is 0 Å². The number of carboxylic acids is 1. The van der Waals surface area contributed by atoms with Crippen molar-refractivity contribution in [3.05, 3.63) is 59.7 Å². The highest BCUT2D eigenvalue weighted by Crippen LogP contribution is 2.44. The van der Waals surface area contributed by atoms with E-state index in [9.17, 15) is 23.2 Å². The monoisotopic (exact) mass is 472 g/mol. The minimum atomic E-state index is -3.22. The molecule has 2 N–H and O–H groups in total. The van der Waals surface area contributed by atoms with Gasteiger partial charge in [-0.2, -0.15) is 0 Å². The zero-order chi connectivity index (χ0) is 24.5. The molecule has 4 rings (SSSR count). The predicted octanol–water partition coefficient (Wildman–Crippen LogP) is 3.87. The van der Waals surface area contributed by atoms with Crippen LogP contribution in [0.4, 0.5) is 13.6 Å². The molecule has 1 saturated heterocycles. The maximum absolute atomic E-state index is 13.6. The van der Waals surface area contributed by atoms with Gasteiger partial charge in [-0.15, -0.1) is 0 Å². The molecule has 1 aliphatic carbocycles. The Kier molecular flexibility index (Phi) is 6.54. The molecular weight excluding hydrogens is 446 g/mol. The van der Waals surface area contributed by atoms with Gasteiger partial charge in [-0.05, 0) is 28.2 Å². The normalized spacial score (nSPS) is 19.3. The fourth-order valence-corrected chi connectivity index (χ4v) is 4.69. The van der Waals surface area contributed by atoms with E-state index in [0.717, 1.165) is 22.3 Å². The van der Waals surface area contributed by atoms with E-state index >= 15 is 0 Å². The molecule has 1 fully saturated rings. The number of benzene rings is 2. The summed E-state index contributed by atoms with van der Waals surface area (Å²) in [4.78, 5) is 36.7. The number of hydrogen-bond acceptors (Lipinski definition) is 4. The number of amides is 2. The van der Waals surface area contributed by atoms with Crippen molar-refractivity contribution in [2.75, 3.05) is 19.7 Å². The second-order valence-corrected chi connectivity index (χ2v) is 8.95. The smallest absolute Gasteiger partial charge is 0.407 e. The van der Waals surface area contributed by atoms with E-state index in [2.05, 4.69) is 5.32 Å². The third-order valence-corrected chi connectivity index (χ3v) is 6.34. The maximum Gasteiger partial charge on any atom is 0.407 e. The first-order valence-corrected chi connectivity index (χ1v) is 11.2. The van der Waals surface area contributed by atoms with E-state index in [1.807, 2.05) is 48.5 Å². The van der Waals surface area contributed by atoms with Gasteiger partial charge in [0.2, 0.25) is 5.91 Å². The number of nitrogens with zero attached hydrogens (tertiary/aromatic N) is 1. The number of halogens is 2. The Balaban J connectivity index is 1.28. The minimum absolute atomic E-state index is 0.0815. The van der Waals surface area contributed by atoms with Crippen LogP contribution < -0.4 is 5.32 Å². The standard InChI is InChI=1S/C25H26F2N2O5/c1-15(10-22(30)29-14-25(26,27)11-21(29)23(31)32)12-28-24(33)34-13-20-18-8-4-2-6-16(18)17-7-3-5-9-19(17)20/h2-9,15,20-21H,10-14H2,1H3,(H,28,33)(H,31,32)/t15?,21-/m0/s1. The predicted molar refractivity (Wildman–Crippen MR) is 120 cm³/mol. The van der Waals surface area contributed by atoms with Gasteiger partial charge < -0.3 is 20.1 Å². The van der Waals surface area contributed by atoms with Crippen LogP contribution in [0.5, 0.6) is 0 Å². The summed E-state index contributed by atoms with van der Waals surface area (Å²) in [5.74, 6) is -5.82. The molecule has 1 unspecified atom stereocenters. The van der Waals surface area contributed by atoms with E-state index in [1.54, 1.807) is 6.92 Å². The van der Waals surface area contributed by atoms with Crippen molar-refractivity contribution in [2.45, 2.75) is 37.6 Å². The van der Waals surface area contributed by atoms with Crippen molar-refractivity contribution in [3.8, 4) is 11.1 Å². The van der Waals surface area contributed by atoms with Gasteiger partial charge in [0, 0.05) is 25.3 Å². The van der Waals surface area contributed by atoms with Crippen LogP contribution in [0.2, 0.25) is 0 Å². The van der Waals surface area contributed by atoms with Gasteiger partial charge >= 0.3 is 12.1 Å². The first-order valence-electron chi connectivity index (χ1n) is 11.2. The van der Waals surface area contributed by atoms with Crippen molar-refractivity contribution in [3.63, 3.8) is 0 Å². The van der Waals surface area contributed by atoms with Crippen molar-refractivity contribution >= 4 is 18.0 Å². The molecule has 9 heteroatoms. The van der Waals surface area contributed by atoms with Crippen LogP contribution in [-0.2, 0) is 14.3 Å². The summed E-state index contributed by atoms with van der Waals surface area (Å²) < 4.78 is 32.7. The van der Waals surface area contributed by atoms with Crippen molar-refractivity contribution < 1.29 is 33.0 Å². The first kappa shape index (κ1) is 23.7. The van der Waals surface area contributed by atoms with Crippen LogP contribution in [0.3, 0.4) is 0 Å². The summed E-state index contributed by atoms with van der Waals surface area (Å²) in [5.41, 5.74) is 4.41. The Morgan fingerprint density at radius 1 is 1.12 bits per heavy atom. The Morgan fingerprint density at radius 2 is 1.71 bits per heavy atom.